The summed E-state index contributed by atoms with van der Waals surface area (Å²) < 4.78 is 0. The summed E-state index contributed by atoms with van der Waals surface area (Å²) in [5.41, 5.74) is 1.98. The standard InChI is InChI=1S/C15H12ClNO/c1-15(10-6-3-2-4-7-10)11-8-5-9-12(16)13(11)17-14(15)18/h2-9H,1H3,(H,17,18). The lowest BCUT2D eigenvalue weighted by atomic mass is 9.77. The molecule has 1 atom stereocenters. The molecule has 3 heteroatoms. The average molecular weight is 258 g/mol. The predicted molar refractivity (Wildman–Crippen MR) is 73.0 cm³/mol. The third kappa shape index (κ3) is 1.39. The summed E-state index contributed by atoms with van der Waals surface area (Å²) in [5, 5.41) is 3.47. The molecule has 0 aromatic heterocycles. The van der Waals surface area contributed by atoms with Gasteiger partial charge in [0.05, 0.1) is 16.1 Å². The summed E-state index contributed by atoms with van der Waals surface area (Å²) in [4.78, 5) is 12.3. The van der Waals surface area contributed by atoms with Crippen molar-refractivity contribution in [3.63, 3.8) is 0 Å². The first-order valence-corrected chi connectivity index (χ1v) is 6.18. The summed E-state index contributed by atoms with van der Waals surface area (Å²) in [6, 6.07) is 15.4. The maximum Gasteiger partial charge on any atom is 0.239 e. The molecule has 0 radical (unpaired) electrons. The maximum absolute atomic E-state index is 12.3. The van der Waals surface area contributed by atoms with Crippen LogP contribution in [0.2, 0.25) is 5.02 Å². The van der Waals surface area contributed by atoms with E-state index in [1.54, 1.807) is 6.07 Å². The molecule has 3 rings (SSSR count). The average Bonchev–Trinajstić information content (AvgIpc) is 2.66. The fraction of sp³-hybridized carbons (Fsp3) is 0.133. The Labute approximate surface area is 111 Å². The third-order valence-corrected chi connectivity index (χ3v) is 3.91. The smallest absolute Gasteiger partial charge is 0.239 e. The number of fused-ring (bicyclic) bond motifs is 1. The van der Waals surface area contributed by atoms with Crippen LogP contribution in [0, 0.1) is 0 Å². The number of amides is 1. The van der Waals surface area contributed by atoms with Gasteiger partial charge in [-0.1, -0.05) is 54.1 Å². The minimum absolute atomic E-state index is 0.0307. The first-order chi connectivity index (χ1) is 8.64. The summed E-state index contributed by atoms with van der Waals surface area (Å²) in [7, 11) is 0. The number of nitrogens with one attached hydrogen (secondary N) is 1. The van der Waals surface area contributed by atoms with E-state index >= 15 is 0 Å². The summed E-state index contributed by atoms with van der Waals surface area (Å²) in [5.74, 6) is -0.0307. The predicted octanol–water partition coefficient (Wildman–Crippen LogP) is 3.60. The van der Waals surface area contributed by atoms with Gasteiger partial charge in [0, 0.05) is 0 Å². The summed E-state index contributed by atoms with van der Waals surface area (Å²) in [6.07, 6.45) is 0. The Bertz CT molecular complexity index is 624. The molecule has 0 bridgehead atoms. The van der Waals surface area contributed by atoms with E-state index in [9.17, 15) is 4.79 Å². The normalized spacial score (nSPS) is 21.6. The monoisotopic (exact) mass is 257 g/mol. The molecular formula is C15H12ClNO. The van der Waals surface area contributed by atoms with Gasteiger partial charge in [-0.25, -0.2) is 0 Å². The highest BCUT2D eigenvalue weighted by atomic mass is 35.5. The van der Waals surface area contributed by atoms with Crippen LogP contribution in [-0.2, 0) is 10.2 Å². The Hall–Kier alpha value is -1.80. The lowest BCUT2D eigenvalue weighted by Crippen LogP contribution is -2.32. The number of rotatable bonds is 1. The molecule has 1 N–H and O–H groups in total. The van der Waals surface area contributed by atoms with E-state index in [0.717, 1.165) is 16.8 Å². The molecule has 2 nitrogen and oxygen atoms in total. The van der Waals surface area contributed by atoms with Crippen LogP contribution in [0.5, 0.6) is 0 Å². The van der Waals surface area contributed by atoms with E-state index in [0.29, 0.717) is 5.02 Å². The molecule has 0 fully saturated rings. The summed E-state index contributed by atoms with van der Waals surface area (Å²) >= 11 is 6.13. The van der Waals surface area contributed by atoms with Gasteiger partial charge in [-0.15, -0.1) is 0 Å². The fourth-order valence-electron chi connectivity index (χ4n) is 2.49. The van der Waals surface area contributed by atoms with Crippen molar-refractivity contribution in [2.24, 2.45) is 0 Å². The number of halogens is 1. The van der Waals surface area contributed by atoms with Gasteiger partial charge in [0.2, 0.25) is 5.91 Å². The van der Waals surface area contributed by atoms with Crippen LogP contribution < -0.4 is 5.32 Å². The van der Waals surface area contributed by atoms with Gasteiger partial charge in [-0.05, 0) is 24.1 Å². The highest BCUT2D eigenvalue weighted by Gasteiger charge is 2.44. The SMILES string of the molecule is CC1(c2ccccc2)C(=O)Nc2c(Cl)cccc21. The largest absolute Gasteiger partial charge is 0.323 e. The fourth-order valence-corrected chi connectivity index (χ4v) is 2.71. The molecular weight excluding hydrogens is 246 g/mol. The van der Waals surface area contributed by atoms with Crippen LogP contribution in [0.4, 0.5) is 5.69 Å². The van der Waals surface area contributed by atoms with Crippen molar-refractivity contribution in [3.05, 3.63) is 64.7 Å². The van der Waals surface area contributed by atoms with E-state index in [1.807, 2.05) is 49.4 Å². The number of carbonyl (C=O) groups is 1. The van der Waals surface area contributed by atoms with Crippen molar-refractivity contribution >= 4 is 23.2 Å². The molecule has 1 heterocycles. The van der Waals surface area contributed by atoms with Gasteiger partial charge in [0.15, 0.2) is 0 Å². The van der Waals surface area contributed by atoms with E-state index in [2.05, 4.69) is 5.32 Å². The summed E-state index contributed by atoms with van der Waals surface area (Å²) in [6.45, 7) is 1.93. The number of para-hydroxylation sites is 1. The Morgan fingerprint density at radius 2 is 1.78 bits per heavy atom. The van der Waals surface area contributed by atoms with Gasteiger partial charge in [-0.3, -0.25) is 4.79 Å². The molecule has 18 heavy (non-hydrogen) atoms. The molecule has 0 spiro atoms. The Morgan fingerprint density at radius 1 is 1.06 bits per heavy atom. The molecule has 1 unspecified atom stereocenters. The molecule has 2 aromatic rings. The van der Waals surface area contributed by atoms with Crippen molar-refractivity contribution in [1.82, 2.24) is 0 Å². The highest BCUT2D eigenvalue weighted by molar-refractivity contribution is 6.35. The molecule has 1 amide bonds. The molecule has 1 aliphatic rings. The lowest BCUT2D eigenvalue weighted by molar-refractivity contribution is -0.119. The van der Waals surface area contributed by atoms with Crippen LogP contribution in [0.25, 0.3) is 0 Å². The second-order valence-electron chi connectivity index (χ2n) is 4.61. The van der Waals surface area contributed by atoms with Crippen LogP contribution in [0.3, 0.4) is 0 Å². The zero-order valence-electron chi connectivity index (χ0n) is 9.91. The van der Waals surface area contributed by atoms with E-state index < -0.39 is 5.41 Å². The lowest BCUT2D eigenvalue weighted by Gasteiger charge is -2.22. The second-order valence-corrected chi connectivity index (χ2v) is 5.01. The van der Waals surface area contributed by atoms with E-state index in [4.69, 9.17) is 11.6 Å². The Kier molecular flexibility index (Phi) is 2.42. The second kappa shape index (κ2) is 3.85. The maximum atomic E-state index is 12.3. The third-order valence-electron chi connectivity index (χ3n) is 3.60. The zero-order chi connectivity index (χ0) is 12.8. The van der Waals surface area contributed by atoms with Crippen LogP contribution in [0.1, 0.15) is 18.1 Å². The van der Waals surface area contributed by atoms with Crippen LogP contribution >= 0.6 is 11.6 Å². The van der Waals surface area contributed by atoms with Gasteiger partial charge < -0.3 is 5.32 Å². The first kappa shape index (κ1) is 11.3. The van der Waals surface area contributed by atoms with Crippen molar-refractivity contribution in [3.8, 4) is 0 Å². The minimum atomic E-state index is -0.665. The van der Waals surface area contributed by atoms with Crippen molar-refractivity contribution < 1.29 is 4.79 Å². The van der Waals surface area contributed by atoms with Gasteiger partial charge in [0.1, 0.15) is 0 Å². The number of hydrogen-bond acceptors (Lipinski definition) is 1. The minimum Gasteiger partial charge on any atom is -0.323 e. The first-order valence-electron chi connectivity index (χ1n) is 5.80. The van der Waals surface area contributed by atoms with Crippen molar-refractivity contribution in [2.45, 2.75) is 12.3 Å². The Balaban J connectivity index is 2.26. The van der Waals surface area contributed by atoms with Gasteiger partial charge in [0.25, 0.3) is 0 Å². The van der Waals surface area contributed by atoms with Crippen LogP contribution in [0.15, 0.2) is 48.5 Å². The number of benzene rings is 2. The van der Waals surface area contributed by atoms with Crippen molar-refractivity contribution in [1.29, 1.82) is 0 Å². The van der Waals surface area contributed by atoms with Crippen LogP contribution in [-0.4, -0.2) is 5.91 Å². The molecule has 0 saturated heterocycles. The highest BCUT2D eigenvalue weighted by Crippen LogP contribution is 2.45. The molecule has 1 aliphatic heterocycles. The molecule has 0 saturated carbocycles. The van der Waals surface area contributed by atoms with Gasteiger partial charge >= 0.3 is 0 Å². The van der Waals surface area contributed by atoms with Gasteiger partial charge in [-0.2, -0.15) is 0 Å². The number of anilines is 1. The van der Waals surface area contributed by atoms with Crippen molar-refractivity contribution in [2.75, 3.05) is 5.32 Å². The Morgan fingerprint density at radius 3 is 2.50 bits per heavy atom. The van der Waals surface area contributed by atoms with E-state index in [-0.39, 0.29) is 5.91 Å². The number of hydrogen-bond donors (Lipinski definition) is 1. The quantitative estimate of drug-likeness (QED) is 0.831. The van der Waals surface area contributed by atoms with E-state index in [1.165, 1.54) is 0 Å². The molecule has 0 aliphatic carbocycles. The zero-order valence-corrected chi connectivity index (χ0v) is 10.7. The number of carbonyl (C=O) groups excluding carboxylic acids is 1. The topological polar surface area (TPSA) is 29.1 Å². The molecule has 90 valence electrons. The molecule has 2 aromatic carbocycles.